The van der Waals surface area contributed by atoms with Crippen LogP contribution in [0, 0.1) is 6.92 Å². The summed E-state index contributed by atoms with van der Waals surface area (Å²) in [5, 5.41) is 9.66. The van der Waals surface area contributed by atoms with Crippen molar-refractivity contribution in [2.45, 2.75) is 50.7 Å². The van der Waals surface area contributed by atoms with Gasteiger partial charge in [-0.2, -0.15) is 0 Å². The van der Waals surface area contributed by atoms with Crippen LogP contribution in [0.15, 0.2) is 36.4 Å². The van der Waals surface area contributed by atoms with Crippen molar-refractivity contribution in [2.75, 3.05) is 13.7 Å². The third-order valence-corrected chi connectivity index (χ3v) is 6.62. The van der Waals surface area contributed by atoms with Crippen LogP contribution in [-0.2, 0) is 26.7 Å². The predicted molar refractivity (Wildman–Crippen MR) is 125 cm³/mol. The van der Waals surface area contributed by atoms with E-state index < -0.39 is 16.6 Å². The van der Waals surface area contributed by atoms with Crippen LogP contribution < -0.4 is 4.74 Å². The van der Waals surface area contributed by atoms with Gasteiger partial charge in [-0.25, -0.2) is 0 Å². The van der Waals surface area contributed by atoms with E-state index in [4.69, 9.17) is 21.1 Å². The van der Waals surface area contributed by atoms with Crippen LogP contribution in [0.25, 0.3) is 0 Å². The Labute approximate surface area is 193 Å². The second kappa shape index (κ2) is 11.0. The molecule has 7 heteroatoms. The number of thioether (sulfide) groups is 1. The third kappa shape index (κ3) is 6.25. The van der Waals surface area contributed by atoms with Gasteiger partial charge in [0.2, 0.25) is 0 Å². The topological polar surface area (TPSA) is 72.8 Å². The molecule has 0 aliphatic rings. The van der Waals surface area contributed by atoms with Crippen LogP contribution in [0.2, 0.25) is 5.02 Å². The zero-order valence-electron chi connectivity index (χ0n) is 18.5. The lowest BCUT2D eigenvalue weighted by Gasteiger charge is -2.29. The minimum atomic E-state index is -1.12. The number of rotatable bonds is 10. The summed E-state index contributed by atoms with van der Waals surface area (Å²) >= 11 is 7.60. The number of Topliss-reactive ketones (excluding diaryl/α,β-unsaturated/α-hetero) is 1. The molecule has 0 aliphatic heterocycles. The van der Waals surface area contributed by atoms with E-state index in [9.17, 15) is 14.7 Å². The van der Waals surface area contributed by atoms with Gasteiger partial charge in [0.05, 0.1) is 25.1 Å². The largest absolute Gasteiger partial charge is 0.496 e. The van der Waals surface area contributed by atoms with Gasteiger partial charge in [0.1, 0.15) is 11.7 Å². The van der Waals surface area contributed by atoms with E-state index in [0.29, 0.717) is 27.7 Å². The minimum absolute atomic E-state index is 0.0130. The van der Waals surface area contributed by atoms with E-state index in [1.807, 2.05) is 38.1 Å². The molecule has 0 amide bonds. The Morgan fingerprint density at radius 2 is 1.77 bits per heavy atom. The highest BCUT2D eigenvalue weighted by atomic mass is 35.5. The molecule has 168 valence electrons. The lowest BCUT2D eigenvalue weighted by atomic mass is 9.85. The second-order valence-electron chi connectivity index (χ2n) is 7.66. The molecular formula is C24H29ClO5S. The van der Waals surface area contributed by atoms with Crippen molar-refractivity contribution in [3.8, 4) is 5.75 Å². The van der Waals surface area contributed by atoms with E-state index >= 15 is 0 Å². The van der Waals surface area contributed by atoms with Gasteiger partial charge in [-0.05, 0) is 56.5 Å². The summed E-state index contributed by atoms with van der Waals surface area (Å²) in [5.74, 6) is -1.01. The average molecular weight is 465 g/mol. The number of esters is 1. The molecule has 0 spiro atoms. The summed E-state index contributed by atoms with van der Waals surface area (Å²) in [6.45, 7) is 7.29. The van der Waals surface area contributed by atoms with E-state index in [1.165, 1.54) is 18.9 Å². The number of benzene rings is 2. The van der Waals surface area contributed by atoms with Gasteiger partial charge >= 0.3 is 5.97 Å². The number of aryl methyl sites for hydroxylation is 1. The smallest absolute Gasteiger partial charge is 0.321 e. The maximum absolute atomic E-state index is 13.7. The molecule has 0 saturated carbocycles. The summed E-state index contributed by atoms with van der Waals surface area (Å²) in [5.41, 5.74) is 3.03. The molecular weight excluding hydrogens is 436 g/mol. The molecule has 2 aromatic carbocycles. The quantitative estimate of drug-likeness (QED) is 0.390. The predicted octanol–water partition coefficient (Wildman–Crippen LogP) is 5.08. The van der Waals surface area contributed by atoms with E-state index in [0.717, 1.165) is 11.1 Å². The highest BCUT2D eigenvalue weighted by Gasteiger charge is 2.42. The fraction of sp³-hybridized carbons (Fsp3) is 0.417. The lowest BCUT2D eigenvalue weighted by molar-refractivity contribution is -0.148. The van der Waals surface area contributed by atoms with Crippen molar-refractivity contribution in [1.29, 1.82) is 0 Å². The number of carbonyl (C=O) groups excluding carboxylic acids is 2. The first-order valence-corrected chi connectivity index (χ1v) is 11.4. The number of hydrogen-bond donors (Lipinski definition) is 1. The first kappa shape index (κ1) is 25.2. The Kier molecular flexibility index (Phi) is 8.98. The summed E-state index contributed by atoms with van der Waals surface area (Å²) in [7, 11) is 1.48. The van der Waals surface area contributed by atoms with E-state index in [2.05, 4.69) is 0 Å². The molecule has 0 bridgehead atoms. The van der Waals surface area contributed by atoms with Crippen molar-refractivity contribution < 1.29 is 24.2 Å². The Balaban J connectivity index is 2.37. The van der Waals surface area contributed by atoms with Crippen molar-refractivity contribution in [3.63, 3.8) is 0 Å². The van der Waals surface area contributed by atoms with E-state index in [1.54, 1.807) is 26.0 Å². The van der Waals surface area contributed by atoms with Gasteiger partial charge in [0.25, 0.3) is 0 Å². The fourth-order valence-corrected chi connectivity index (χ4v) is 4.51. The Hall–Kier alpha value is -2.02. The fourth-order valence-electron chi connectivity index (χ4n) is 3.27. The molecule has 0 fully saturated rings. The number of aliphatic hydroxyl groups excluding tert-OH is 1. The number of methoxy groups -OCH3 is 1. The van der Waals surface area contributed by atoms with Crippen molar-refractivity contribution in [1.82, 2.24) is 0 Å². The first-order chi connectivity index (χ1) is 14.6. The van der Waals surface area contributed by atoms with Crippen molar-refractivity contribution in [3.05, 3.63) is 63.7 Å². The molecule has 31 heavy (non-hydrogen) atoms. The van der Waals surface area contributed by atoms with Gasteiger partial charge in [-0.15, -0.1) is 11.8 Å². The highest BCUT2D eigenvalue weighted by Crippen LogP contribution is 2.40. The summed E-state index contributed by atoms with van der Waals surface area (Å²) in [6, 6.07) is 10.9. The Morgan fingerprint density at radius 1 is 1.16 bits per heavy atom. The number of halogens is 1. The van der Waals surface area contributed by atoms with Gasteiger partial charge in [-0.3, -0.25) is 9.59 Å². The summed E-state index contributed by atoms with van der Waals surface area (Å²) in [4.78, 5) is 26.6. The lowest BCUT2D eigenvalue weighted by Crippen LogP contribution is -2.38. The zero-order valence-corrected chi connectivity index (χ0v) is 20.1. The Bertz CT molecular complexity index is 924. The second-order valence-corrected chi connectivity index (χ2v) is 9.70. The maximum atomic E-state index is 13.7. The molecule has 1 atom stereocenters. The van der Waals surface area contributed by atoms with E-state index in [-0.39, 0.29) is 19.0 Å². The Morgan fingerprint density at radius 3 is 2.32 bits per heavy atom. The molecule has 5 nitrogen and oxygen atoms in total. The number of carbonyl (C=O) groups is 2. The molecule has 2 aromatic rings. The molecule has 0 aliphatic carbocycles. The van der Waals surface area contributed by atoms with Crippen LogP contribution >= 0.6 is 23.4 Å². The normalized spacial score (nSPS) is 12.4. The number of ketones is 1. The van der Waals surface area contributed by atoms with Crippen LogP contribution in [0.4, 0.5) is 0 Å². The average Bonchev–Trinajstić information content (AvgIpc) is 2.74. The number of hydrogen-bond acceptors (Lipinski definition) is 6. The molecule has 2 rings (SSSR count). The molecule has 0 heterocycles. The highest BCUT2D eigenvalue weighted by molar-refractivity contribution is 8.00. The number of aliphatic hydroxyl groups is 1. The van der Waals surface area contributed by atoms with Gasteiger partial charge in [0, 0.05) is 16.3 Å². The van der Waals surface area contributed by atoms with Crippen LogP contribution in [0.3, 0.4) is 0 Å². The van der Waals surface area contributed by atoms with Crippen LogP contribution in [-0.4, -0.2) is 35.3 Å². The maximum Gasteiger partial charge on any atom is 0.321 e. The van der Waals surface area contributed by atoms with Gasteiger partial charge < -0.3 is 14.6 Å². The van der Waals surface area contributed by atoms with Crippen LogP contribution in [0.5, 0.6) is 5.75 Å². The SMILES string of the molecule is CCOC(=O)C(C(=O)C(C)(C)SCc1ccc(CO)cc1)c1c(C)cc(Cl)cc1OC. The molecule has 0 saturated heterocycles. The molecule has 1 unspecified atom stereocenters. The van der Waals surface area contributed by atoms with Crippen LogP contribution in [0.1, 0.15) is 48.9 Å². The number of ether oxygens (including phenoxy) is 2. The monoisotopic (exact) mass is 464 g/mol. The first-order valence-electron chi connectivity index (χ1n) is 10.0. The molecule has 1 N–H and O–H groups in total. The van der Waals surface area contributed by atoms with Gasteiger partial charge in [0.15, 0.2) is 5.78 Å². The standard InChI is InChI=1S/C24H29ClO5S/c1-6-30-23(28)21(20-15(2)11-18(25)12-19(20)29-5)22(27)24(3,4)31-14-17-9-7-16(13-26)8-10-17/h7-12,21,26H,6,13-14H2,1-5H3. The molecule has 0 aromatic heterocycles. The zero-order chi connectivity index (χ0) is 23.2. The summed E-state index contributed by atoms with van der Waals surface area (Å²) in [6.07, 6.45) is 0. The molecule has 0 radical (unpaired) electrons. The summed E-state index contributed by atoms with van der Waals surface area (Å²) < 4.78 is 9.85. The third-order valence-electron chi connectivity index (χ3n) is 5.01. The van der Waals surface area contributed by atoms with Crippen molar-refractivity contribution >= 4 is 35.1 Å². The van der Waals surface area contributed by atoms with Gasteiger partial charge in [-0.1, -0.05) is 35.9 Å². The van der Waals surface area contributed by atoms with Crippen molar-refractivity contribution in [2.24, 2.45) is 0 Å². The minimum Gasteiger partial charge on any atom is -0.496 e.